The molecule has 0 saturated carbocycles. The monoisotopic (exact) mass is 257 g/mol. The average molecular weight is 258 g/mol. The Hall–Kier alpha value is -0.780. The first-order chi connectivity index (χ1) is 5.82. The number of rotatable bonds is 1. The highest BCUT2D eigenvalue weighted by atomic mass is 79.9. The standard InChI is InChI=1S/C7H4BrF4N/c8-7(11,12)6-4(9)1-3(13)2-5(6)10/h1-2H,13H2. The van der Waals surface area contributed by atoms with E-state index in [2.05, 4.69) is 0 Å². The number of anilines is 1. The molecule has 0 aliphatic heterocycles. The molecule has 0 amide bonds. The minimum atomic E-state index is -3.73. The number of nitrogen functional groups attached to an aromatic ring is 1. The Labute approximate surface area is 79.7 Å². The smallest absolute Gasteiger partial charge is 0.332 e. The van der Waals surface area contributed by atoms with Gasteiger partial charge in [0.05, 0.1) is 0 Å². The van der Waals surface area contributed by atoms with E-state index in [0.29, 0.717) is 12.1 Å². The van der Waals surface area contributed by atoms with Crippen LogP contribution in [0.15, 0.2) is 12.1 Å². The van der Waals surface area contributed by atoms with Crippen molar-refractivity contribution < 1.29 is 17.6 Å². The number of alkyl halides is 3. The minimum absolute atomic E-state index is 0.240. The summed E-state index contributed by atoms with van der Waals surface area (Å²) in [5.74, 6) is -2.75. The lowest BCUT2D eigenvalue weighted by atomic mass is 10.2. The maximum absolute atomic E-state index is 12.8. The quantitative estimate of drug-likeness (QED) is 0.467. The molecule has 0 radical (unpaired) electrons. The molecule has 0 saturated heterocycles. The van der Waals surface area contributed by atoms with E-state index in [1.807, 2.05) is 15.9 Å². The summed E-state index contributed by atoms with van der Waals surface area (Å²) in [4.78, 5) is -3.73. The molecule has 72 valence electrons. The highest BCUT2D eigenvalue weighted by Crippen LogP contribution is 2.38. The van der Waals surface area contributed by atoms with Crippen LogP contribution < -0.4 is 5.73 Å². The van der Waals surface area contributed by atoms with Crippen molar-refractivity contribution in [2.45, 2.75) is 4.83 Å². The molecule has 1 nitrogen and oxygen atoms in total. The molecule has 0 aliphatic rings. The SMILES string of the molecule is Nc1cc(F)c(C(F)(F)Br)c(F)c1. The van der Waals surface area contributed by atoms with Crippen LogP contribution in [0.25, 0.3) is 0 Å². The fourth-order valence-corrected chi connectivity index (χ4v) is 1.24. The van der Waals surface area contributed by atoms with Gasteiger partial charge in [0.15, 0.2) is 0 Å². The number of hydrogen-bond acceptors (Lipinski definition) is 1. The van der Waals surface area contributed by atoms with Crippen molar-refractivity contribution in [2.24, 2.45) is 0 Å². The van der Waals surface area contributed by atoms with Gasteiger partial charge in [-0.2, -0.15) is 8.78 Å². The third-order valence-electron chi connectivity index (χ3n) is 1.35. The van der Waals surface area contributed by atoms with Crippen LogP contribution in [-0.4, -0.2) is 0 Å². The summed E-state index contributed by atoms with van der Waals surface area (Å²) in [6.07, 6.45) is 0. The molecule has 0 aromatic heterocycles. The van der Waals surface area contributed by atoms with Crippen LogP contribution >= 0.6 is 15.9 Å². The Bertz CT molecular complexity index is 311. The third kappa shape index (κ3) is 2.12. The zero-order chi connectivity index (χ0) is 10.2. The average Bonchev–Trinajstić information content (AvgIpc) is 1.78. The van der Waals surface area contributed by atoms with Crippen molar-refractivity contribution >= 4 is 21.6 Å². The molecule has 6 heteroatoms. The van der Waals surface area contributed by atoms with Gasteiger partial charge in [-0.1, -0.05) is 0 Å². The molecular formula is C7H4BrF4N. The first kappa shape index (κ1) is 10.3. The van der Waals surface area contributed by atoms with Crippen molar-refractivity contribution in [3.63, 3.8) is 0 Å². The minimum Gasteiger partial charge on any atom is -0.399 e. The van der Waals surface area contributed by atoms with Crippen molar-refractivity contribution in [1.29, 1.82) is 0 Å². The molecule has 13 heavy (non-hydrogen) atoms. The van der Waals surface area contributed by atoms with E-state index in [1.54, 1.807) is 0 Å². The van der Waals surface area contributed by atoms with Gasteiger partial charge in [0.25, 0.3) is 0 Å². The summed E-state index contributed by atoms with van der Waals surface area (Å²) >= 11 is 1.86. The van der Waals surface area contributed by atoms with Crippen LogP contribution in [0.1, 0.15) is 5.56 Å². The van der Waals surface area contributed by atoms with Crippen LogP contribution in [-0.2, 0) is 4.83 Å². The Morgan fingerprint density at radius 3 is 1.85 bits per heavy atom. The normalized spacial score (nSPS) is 11.8. The Kier molecular flexibility index (Phi) is 2.51. The summed E-state index contributed by atoms with van der Waals surface area (Å²) in [5, 5.41) is 0. The van der Waals surface area contributed by atoms with E-state index in [4.69, 9.17) is 5.73 Å². The molecule has 1 aromatic carbocycles. The first-order valence-corrected chi connectivity index (χ1v) is 3.93. The Balaban J connectivity index is 3.38. The van der Waals surface area contributed by atoms with E-state index in [-0.39, 0.29) is 5.69 Å². The van der Waals surface area contributed by atoms with Crippen molar-refractivity contribution in [3.05, 3.63) is 29.3 Å². The highest BCUT2D eigenvalue weighted by Gasteiger charge is 2.34. The van der Waals surface area contributed by atoms with Gasteiger partial charge in [0.2, 0.25) is 0 Å². The number of nitrogens with two attached hydrogens (primary N) is 1. The first-order valence-electron chi connectivity index (χ1n) is 3.14. The number of hydrogen-bond donors (Lipinski definition) is 1. The number of halogens is 5. The highest BCUT2D eigenvalue weighted by molar-refractivity contribution is 9.09. The van der Waals surface area contributed by atoms with Crippen LogP contribution in [0.3, 0.4) is 0 Å². The van der Waals surface area contributed by atoms with Crippen molar-refractivity contribution in [2.75, 3.05) is 5.73 Å². The van der Waals surface area contributed by atoms with E-state index in [9.17, 15) is 17.6 Å². The molecule has 0 atom stereocenters. The van der Waals surface area contributed by atoms with E-state index < -0.39 is 22.0 Å². The zero-order valence-electron chi connectivity index (χ0n) is 6.12. The largest absolute Gasteiger partial charge is 0.399 e. The molecule has 0 unspecified atom stereocenters. The van der Waals surface area contributed by atoms with E-state index in [0.717, 1.165) is 0 Å². The molecule has 1 aromatic rings. The maximum atomic E-state index is 12.8. The second kappa shape index (κ2) is 3.17. The van der Waals surface area contributed by atoms with Gasteiger partial charge in [-0.3, -0.25) is 0 Å². The topological polar surface area (TPSA) is 26.0 Å². The fourth-order valence-electron chi connectivity index (χ4n) is 0.864. The zero-order valence-corrected chi connectivity index (χ0v) is 7.71. The molecule has 0 fully saturated rings. The molecule has 1 rings (SSSR count). The molecule has 2 N–H and O–H groups in total. The van der Waals surface area contributed by atoms with Gasteiger partial charge in [-0.15, -0.1) is 0 Å². The Morgan fingerprint density at radius 2 is 1.54 bits per heavy atom. The summed E-state index contributed by atoms with van der Waals surface area (Å²) in [7, 11) is 0. The summed E-state index contributed by atoms with van der Waals surface area (Å²) in [6.45, 7) is 0. The molecular weight excluding hydrogens is 254 g/mol. The van der Waals surface area contributed by atoms with Crippen LogP contribution in [0.4, 0.5) is 23.2 Å². The maximum Gasteiger partial charge on any atom is 0.332 e. The fraction of sp³-hybridized carbons (Fsp3) is 0.143. The predicted octanol–water partition coefficient (Wildman–Crippen LogP) is 2.99. The van der Waals surface area contributed by atoms with Gasteiger partial charge >= 0.3 is 4.83 Å². The van der Waals surface area contributed by atoms with Gasteiger partial charge in [-0.05, 0) is 28.1 Å². The van der Waals surface area contributed by atoms with Gasteiger partial charge in [-0.25, -0.2) is 8.78 Å². The van der Waals surface area contributed by atoms with E-state index >= 15 is 0 Å². The number of benzene rings is 1. The summed E-state index contributed by atoms with van der Waals surface area (Å²) in [5.41, 5.74) is 3.46. The van der Waals surface area contributed by atoms with Crippen molar-refractivity contribution in [3.8, 4) is 0 Å². The molecule has 0 heterocycles. The molecule has 0 aliphatic carbocycles. The van der Waals surface area contributed by atoms with Crippen LogP contribution in [0.2, 0.25) is 0 Å². The Morgan fingerprint density at radius 1 is 1.15 bits per heavy atom. The summed E-state index contributed by atoms with van der Waals surface area (Å²) < 4.78 is 50.6. The molecule has 0 spiro atoms. The van der Waals surface area contributed by atoms with Gasteiger partial charge in [0.1, 0.15) is 17.2 Å². The second-order valence-corrected chi connectivity index (χ2v) is 3.35. The van der Waals surface area contributed by atoms with Crippen molar-refractivity contribution in [1.82, 2.24) is 0 Å². The second-order valence-electron chi connectivity index (χ2n) is 2.36. The summed E-state index contributed by atoms with van der Waals surface area (Å²) in [6, 6.07) is 1.27. The van der Waals surface area contributed by atoms with E-state index in [1.165, 1.54) is 0 Å². The van der Waals surface area contributed by atoms with Crippen LogP contribution in [0, 0.1) is 11.6 Å². The third-order valence-corrected chi connectivity index (χ3v) is 1.74. The molecule has 0 bridgehead atoms. The predicted molar refractivity (Wildman–Crippen MR) is 43.6 cm³/mol. The lowest BCUT2D eigenvalue weighted by Gasteiger charge is -2.11. The lowest BCUT2D eigenvalue weighted by Crippen LogP contribution is -2.10. The van der Waals surface area contributed by atoms with Gasteiger partial charge in [0, 0.05) is 5.69 Å². The van der Waals surface area contributed by atoms with Crippen LogP contribution in [0.5, 0.6) is 0 Å². The van der Waals surface area contributed by atoms with Gasteiger partial charge < -0.3 is 5.73 Å². The lowest BCUT2D eigenvalue weighted by molar-refractivity contribution is 0.105.